The molecule has 0 aromatic heterocycles. The van der Waals surface area contributed by atoms with Gasteiger partial charge in [-0.15, -0.1) is 0 Å². The lowest BCUT2D eigenvalue weighted by Crippen LogP contribution is -2.36. The highest BCUT2D eigenvalue weighted by Crippen LogP contribution is 2.41. The second-order valence-electron chi connectivity index (χ2n) is 5.06. The molecule has 1 aromatic rings. The summed E-state index contributed by atoms with van der Waals surface area (Å²) in [6.45, 7) is 2.87. The summed E-state index contributed by atoms with van der Waals surface area (Å²) in [6, 6.07) is 7.76. The Bertz CT molecular complexity index is 487. The van der Waals surface area contributed by atoms with Gasteiger partial charge in [0.25, 0.3) is 0 Å². The van der Waals surface area contributed by atoms with Crippen LogP contribution in [0, 0.1) is 23.7 Å². The Labute approximate surface area is 113 Å². The van der Waals surface area contributed by atoms with Crippen LogP contribution in [-0.2, 0) is 4.74 Å². The second-order valence-corrected chi connectivity index (χ2v) is 5.06. The quantitative estimate of drug-likeness (QED) is 0.907. The SMILES string of the molecule is COc1ccc(C(O)C2(C#N)CCCOC2)cc1C. The first-order chi connectivity index (χ1) is 9.13. The number of benzene rings is 1. The lowest BCUT2D eigenvalue weighted by atomic mass is 9.76. The van der Waals surface area contributed by atoms with Gasteiger partial charge in [-0.2, -0.15) is 5.26 Å². The van der Waals surface area contributed by atoms with Crippen LogP contribution in [0.25, 0.3) is 0 Å². The van der Waals surface area contributed by atoms with Crippen molar-refractivity contribution in [2.24, 2.45) is 5.41 Å². The van der Waals surface area contributed by atoms with Gasteiger partial charge >= 0.3 is 0 Å². The molecule has 0 bridgehead atoms. The molecular formula is C15H19NO3. The van der Waals surface area contributed by atoms with Crippen molar-refractivity contribution in [2.75, 3.05) is 20.3 Å². The monoisotopic (exact) mass is 261 g/mol. The van der Waals surface area contributed by atoms with Crippen molar-refractivity contribution in [3.8, 4) is 11.8 Å². The van der Waals surface area contributed by atoms with Crippen molar-refractivity contribution >= 4 is 0 Å². The number of hydrogen-bond donors (Lipinski definition) is 1. The number of rotatable bonds is 3. The van der Waals surface area contributed by atoms with Gasteiger partial charge < -0.3 is 14.6 Å². The van der Waals surface area contributed by atoms with Crippen LogP contribution >= 0.6 is 0 Å². The first-order valence-electron chi connectivity index (χ1n) is 6.44. The lowest BCUT2D eigenvalue weighted by molar-refractivity contribution is -0.0506. The highest BCUT2D eigenvalue weighted by atomic mass is 16.5. The summed E-state index contributed by atoms with van der Waals surface area (Å²) >= 11 is 0. The Morgan fingerprint density at radius 2 is 2.32 bits per heavy atom. The molecule has 1 N–H and O–H groups in total. The Morgan fingerprint density at radius 1 is 1.53 bits per heavy atom. The molecule has 2 rings (SSSR count). The molecule has 2 atom stereocenters. The largest absolute Gasteiger partial charge is 0.496 e. The highest BCUT2D eigenvalue weighted by Gasteiger charge is 2.41. The molecule has 1 heterocycles. The van der Waals surface area contributed by atoms with Gasteiger partial charge in [0.2, 0.25) is 0 Å². The fraction of sp³-hybridized carbons (Fsp3) is 0.533. The standard InChI is InChI=1S/C15H19NO3/c1-11-8-12(4-5-13(11)18-2)14(17)15(9-16)6-3-7-19-10-15/h4-5,8,14,17H,3,6-7,10H2,1-2H3. The molecule has 0 amide bonds. The van der Waals surface area contributed by atoms with Crippen molar-refractivity contribution in [1.82, 2.24) is 0 Å². The zero-order valence-corrected chi connectivity index (χ0v) is 11.3. The van der Waals surface area contributed by atoms with Gasteiger partial charge in [0, 0.05) is 6.61 Å². The summed E-state index contributed by atoms with van der Waals surface area (Å²) in [7, 11) is 1.62. The molecule has 0 saturated carbocycles. The van der Waals surface area contributed by atoms with Gasteiger partial charge in [-0.1, -0.05) is 6.07 Å². The number of aliphatic hydroxyl groups is 1. The number of hydrogen-bond acceptors (Lipinski definition) is 4. The number of aryl methyl sites for hydroxylation is 1. The Hall–Kier alpha value is -1.57. The molecule has 0 spiro atoms. The Morgan fingerprint density at radius 3 is 2.84 bits per heavy atom. The summed E-state index contributed by atoms with van der Waals surface area (Å²) in [5.74, 6) is 0.779. The van der Waals surface area contributed by atoms with E-state index in [0.717, 1.165) is 23.3 Å². The maximum atomic E-state index is 10.5. The molecule has 4 heteroatoms. The van der Waals surface area contributed by atoms with E-state index < -0.39 is 11.5 Å². The van der Waals surface area contributed by atoms with Crippen LogP contribution in [0.2, 0.25) is 0 Å². The highest BCUT2D eigenvalue weighted by molar-refractivity contribution is 5.38. The second kappa shape index (κ2) is 5.60. The van der Waals surface area contributed by atoms with E-state index in [4.69, 9.17) is 9.47 Å². The minimum Gasteiger partial charge on any atom is -0.496 e. The maximum Gasteiger partial charge on any atom is 0.121 e. The summed E-state index contributed by atoms with van der Waals surface area (Å²) in [4.78, 5) is 0. The Balaban J connectivity index is 2.30. The molecule has 102 valence electrons. The molecule has 19 heavy (non-hydrogen) atoms. The first-order valence-corrected chi connectivity index (χ1v) is 6.44. The molecule has 2 unspecified atom stereocenters. The smallest absolute Gasteiger partial charge is 0.121 e. The van der Waals surface area contributed by atoms with Crippen LogP contribution in [0.3, 0.4) is 0 Å². The molecule has 4 nitrogen and oxygen atoms in total. The average Bonchev–Trinajstić information content (AvgIpc) is 2.47. The van der Waals surface area contributed by atoms with Gasteiger partial charge in [0.15, 0.2) is 0 Å². The van der Waals surface area contributed by atoms with E-state index in [-0.39, 0.29) is 6.61 Å². The molecule has 1 saturated heterocycles. The van der Waals surface area contributed by atoms with E-state index in [1.165, 1.54) is 0 Å². The molecule has 1 fully saturated rings. The fourth-order valence-electron chi connectivity index (χ4n) is 2.57. The maximum absolute atomic E-state index is 10.5. The van der Waals surface area contributed by atoms with E-state index >= 15 is 0 Å². The van der Waals surface area contributed by atoms with Crippen molar-refractivity contribution in [3.63, 3.8) is 0 Å². The minimum absolute atomic E-state index is 0.287. The summed E-state index contributed by atoms with van der Waals surface area (Å²) < 4.78 is 10.6. The molecular weight excluding hydrogens is 242 g/mol. The minimum atomic E-state index is -0.834. The number of aliphatic hydroxyl groups excluding tert-OH is 1. The number of methoxy groups -OCH3 is 1. The number of ether oxygens (including phenoxy) is 2. The van der Waals surface area contributed by atoms with Crippen molar-refractivity contribution in [3.05, 3.63) is 29.3 Å². The predicted molar refractivity (Wildman–Crippen MR) is 70.8 cm³/mol. The lowest BCUT2D eigenvalue weighted by Gasteiger charge is -2.35. The van der Waals surface area contributed by atoms with Gasteiger partial charge in [-0.05, 0) is 43.0 Å². The van der Waals surface area contributed by atoms with E-state index in [1.54, 1.807) is 7.11 Å². The zero-order valence-electron chi connectivity index (χ0n) is 11.3. The van der Waals surface area contributed by atoms with Crippen LogP contribution in [0.15, 0.2) is 18.2 Å². The van der Waals surface area contributed by atoms with Crippen LogP contribution in [-0.4, -0.2) is 25.4 Å². The van der Waals surface area contributed by atoms with E-state index in [1.807, 2.05) is 25.1 Å². The number of nitriles is 1. The zero-order chi connectivity index (χ0) is 13.9. The predicted octanol–water partition coefficient (Wildman–Crippen LogP) is 2.36. The van der Waals surface area contributed by atoms with Crippen LogP contribution in [0.4, 0.5) is 0 Å². The third-order valence-corrected chi connectivity index (χ3v) is 3.75. The van der Waals surface area contributed by atoms with Crippen molar-refractivity contribution in [2.45, 2.75) is 25.9 Å². The fourth-order valence-corrected chi connectivity index (χ4v) is 2.57. The van der Waals surface area contributed by atoms with Crippen LogP contribution in [0.5, 0.6) is 5.75 Å². The number of nitrogens with zero attached hydrogens (tertiary/aromatic N) is 1. The van der Waals surface area contributed by atoms with E-state index in [9.17, 15) is 10.4 Å². The third kappa shape index (κ3) is 2.58. The molecule has 0 radical (unpaired) electrons. The summed E-state index contributed by atoms with van der Waals surface area (Å²) in [5.41, 5.74) is 0.855. The average molecular weight is 261 g/mol. The van der Waals surface area contributed by atoms with E-state index in [0.29, 0.717) is 13.0 Å². The summed E-state index contributed by atoms with van der Waals surface area (Å²) in [5, 5.41) is 20.0. The van der Waals surface area contributed by atoms with Crippen LogP contribution < -0.4 is 4.74 Å². The van der Waals surface area contributed by atoms with Gasteiger partial charge in [-0.3, -0.25) is 0 Å². The molecule has 1 aliphatic rings. The third-order valence-electron chi connectivity index (χ3n) is 3.75. The van der Waals surface area contributed by atoms with Crippen LogP contribution in [0.1, 0.15) is 30.1 Å². The molecule has 0 aliphatic carbocycles. The van der Waals surface area contributed by atoms with Crippen molar-refractivity contribution in [1.29, 1.82) is 5.26 Å². The summed E-state index contributed by atoms with van der Waals surface area (Å²) in [6.07, 6.45) is 0.637. The van der Waals surface area contributed by atoms with Gasteiger partial charge in [0.1, 0.15) is 11.2 Å². The molecule has 1 aliphatic heterocycles. The van der Waals surface area contributed by atoms with Gasteiger partial charge in [0.05, 0.1) is 25.9 Å². The molecule has 1 aromatic carbocycles. The Kier molecular flexibility index (Phi) is 4.08. The van der Waals surface area contributed by atoms with Gasteiger partial charge in [-0.25, -0.2) is 0 Å². The van der Waals surface area contributed by atoms with Crippen molar-refractivity contribution < 1.29 is 14.6 Å². The topological polar surface area (TPSA) is 62.5 Å². The normalized spacial score (nSPS) is 24.5. The van der Waals surface area contributed by atoms with E-state index in [2.05, 4.69) is 6.07 Å². The first kappa shape index (κ1) is 13.9.